The van der Waals surface area contributed by atoms with Crippen molar-refractivity contribution in [3.63, 3.8) is 0 Å². The Morgan fingerprint density at radius 2 is 1.76 bits per heavy atom. The summed E-state index contributed by atoms with van der Waals surface area (Å²) in [6, 6.07) is 6.51. The summed E-state index contributed by atoms with van der Waals surface area (Å²) in [5, 5.41) is 5.82. The van der Waals surface area contributed by atoms with E-state index < -0.39 is 85.8 Å². The van der Waals surface area contributed by atoms with E-state index in [4.69, 9.17) is 4.74 Å². The molecule has 0 aromatic heterocycles. The van der Waals surface area contributed by atoms with Crippen LogP contribution < -0.4 is 15.4 Å². The van der Waals surface area contributed by atoms with Gasteiger partial charge in [0.05, 0.1) is 23.4 Å². The molecule has 5 atom stereocenters. The lowest BCUT2D eigenvalue weighted by atomic mass is 10.0. The Kier molecular flexibility index (Phi) is 10.1. The molecular weight excluding hydrogens is 747 g/mol. The predicted molar refractivity (Wildman–Crippen MR) is 191 cm³/mol. The fraction of sp³-hybridized carbons (Fsp3) is 0.526. The lowest BCUT2D eigenvalue weighted by molar-refractivity contribution is -0.140. The van der Waals surface area contributed by atoms with Crippen LogP contribution >= 0.6 is 0 Å². The zero-order valence-electron chi connectivity index (χ0n) is 30.2. The number of carbonyl (C=O) groups excluding carboxylic acids is 4. The fourth-order valence-corrected chi connectivity index (χ4v) is 8.94. The molecule has 1 saturated heterocycles. The van der Waals surface area contributed by atoms with Crippen molar-refractivity contribution in [1.82, 2.24) is 19.8 Å². The van der Waals surface area contributed by atoms with Crippen LogP contribution in [0.2, 0.25) is 0 Å². The second-order valence-electron chi connectivity index (χ2n) is 15.5. The third-order valence-electron chi connectivity index (χ3n) is 11.5. The molecule has 17 heteroatoms. The molecule has 4 amide bonds. The van der Waals surface area contributed by atoms with E-state index in [1.165, 1.54) is 34.9 Å². The smallest absolute Gasteiger partial charge is 0.416 e. The van der Waals surface area contributed by atoms with Gasteiger partial charge in [-0.1, -0.05) is 37.1 Å². The Morgan fingerprint density at radius 1 is 1.02 bits per heavy atom. The lowest BCUT2D eigenvalue weighted by Gasteiger charge is -2.30. The number of rotatable bonds is 6. The van der Waals surface area contributed by atoms with Crippen LogP contribution in [0.25, 0.3) is 0 Å². The van der Waals surface area contributed by atoms with Crippen molar-refractivity contribution < 1.29 is 49.9 Å². The Bertz CT molecular complexity index is 2010. The van der Waals surface area contributed by atoms with Crippen molar-refractivity contribution in [2.24, 2.45) is 5.92 Å². The van der Waals surface area contributed by atoms with E-state index in [0.717, 1.165) is 18.6 Å². The number of sulfonamides is 1. The number of fused-ring (bicyclic) bond motifs is 3. The van der Waals surface area contributed by atoms with E-state index in [-0.39, 0.29) is 44.6 Å². The van der Waals surface area contributed by atoms with Gasteiger partial charge in [0.2, 0.25) is 21.8 Å². The van der Waals surface area contributed by atoms with Crippen LogP contribution in [0, 0.1) is 11.7 Å². The molecule has 55 heavy (non-hydrogen) atoms. The maximum atomic E-state index is 14.5. The first-order chi connectivity index (χ1) is 26.0. The molecule has 2 aromatic carbocycles. The first kappa shape index (κ1) is 38.6. The van der Waals surface area contributed by atoms with Crippen LogP contribution in [0.4, 0.5) is 28.0 Å². The van der Waals surface area contributed by atoms with Crippen LogP contribution in [0.15, 0.2) is 54.6 Å². The molecule has 3 heterocycles. The van der Waals surface area contributed by atoms with E-state index in [1.807, 2.05) is 6.08 Å². The minimum absolute atomic E-state index is 0.0340. The molecule has 7 rings (SSSR count). The number of ether oxygens (including phenoxy) is 1. The van der Waals surface area contributed by atoms with E-state index >= 15 is 0 Å². The number of halogens is 4. The molecule has 2 saturated carbocycles. The average Bonchev–Trinajstić information content (AvgIpc) is 3.92. The maximum absolute atomic E-state index is 14.5. The van der Waals surface area contributed by atoms with Gasteiger partial charge in [0.25, 0.3) is 5.91 Å². The number of hydrogen-bond donors (Lipinski definition) is 3. The van der Waals surface area contributed by atoms with E-state index in [0.29, 0.717) is 43.2 Å². The summed E-state index contributed by atoms with van der Waals surface area (Å²) in [5.74, 6) is -3.19. The number of nitrogens with zero attached hydrogens (tertiary/aromatic N) is 2. The SMILES string of the molecule is CC1(S(=O)(=O)NC(=O)[C@@]23C[C@H]2/C=C\CCCCC[C@H](Nc2ccc(C(F)(F)F)cc2)C(=O)N2C[C@H](OC(=O)N4Cc5cccc(F)c5C4)C[C@H]2C(=O)N3)CC1. The highest BCUT2D eigenvalue weighted by Gasteiger charge is 2.63. The van der Waals surface area contributed by atoms with Gasteiger partial charge in [-0.2, -0.15) is 13.2 Å². The molecule has 0 radical (unpaired) electrons. The molecule has 2 aliphatic carbocycles. The van der Waals surface area contributed by atoms with Gasteiger partial charge in [-0.3, -0.25) is 24.0 Å². The second kappa shape index (κ2) is 14.4. The lowest BCUT2D eigenvalue weighted by Crippen LogP contribution is -2.58. The third kappa shape index (κ3) is 7.89. The van der Waals surface area contributed by atoms with Gasteiger partial charge in [0, 0.05) is 30.1 Å². The molecular formula is C38H43F4N5O7S. The third-order valence-corrected chi connectivity index (χ3v) is 13.6. The van der Waals surface area contributed by atoms with Gasteiger partial charge in [-0.15, -0.1) is 0 Å². The minimum Gasteiger partial charge on any atom is -0.444 e. The highest BCUT2D eigenvalue weighted by molar-refractivity contribution is 7.91. The number of nitrogens with one attached hydrogen (secondary N) is 3. The predicted octanol–water partition coefficient (Wildman–Crippen LogP) is 5.14. The van der Waals surface area contributed by atoms with Gasteiger partial charge < -0.3 is 20.3 Å². The quantitative estimate of drug-likeness (QED) is 0.269. The monoisotopic (exact) mass is 789 g/mol. The summed E-state index contributed by atoms with van der Waals surface area (Å²) in [7, 11) is -4.05. The topological polar surface area (TPSA) is 154 Å². The van der Waals surface area contributed by atoms with E-state index in [1.54, 1.807) is 18.2 Å². The largest absolute Gasteiger partial charge is 0.444 e. The van der Waals surface area contributed by atoms with Gasteiger partial charge >= 0.3 is 12.3 Å². The van der Waals surface area contributed by atoms with Crippen LogP contribution in [-0.4, -0.2) is 77.1 Å². The Morgan fingerprint density at radius 3 is 2.45 bits per heavy atom. The van der Waals surface area contributed by atoms with Gasteiger partial charge in [0.15, 0.2) is 0 Å². The number of hydrogen-bond acceptors (Lipinski definition) is 8. The number of carbonyl (C=O) groups is 4. The van der Waals surface area contributed by atoms with Gasteiger partial charge in [-0.05, 0) is 81.3 Å². The summed E-state index contributed by atoms with van der Waals surface area (Å²) >= 11 is 0. The highest BCUT2D eigenvalue weighted by Crippen LogP contribution is 2.47. The molecule has 296 valence electrons. The minimum atomic E-state index is -4.56. The summed E-state index contributed by atoms with van der Waals surface area (Å²) in [6.07, 6.45) is 0.916. The normalized spacial score (nSPS) is 28.4. The van der Waals surface area contributed by atoms with Gasteiger partial charge in [-0.25, -0.2) is 17.6 Å². The van der Waals surface area contributed by atoms with E-state index in [2.05, 4.69) is 15.4 Å². The summed E-state index contributed by atoms with van der Waals surface area (Å²) < 4.78 is 87.4. The van der Waals surface area contributed by atoms with Crippen molar-refractivity contribution >= 4 is 39.5 Å². The fourth-order valence-electron chi connectivity index (χ4n) is 7.63. The zero-order chi connectivity index (χ0) is 39.3. The molecule has 2 aromatic rings. The highest BCUT2D eigenvalue weighted by atomic mass is 32.2. The molecule has 3 fully saturated rings. The molecule has 3 N–H and O–H groups in total. The van der Waals surface area contributed by atoms with Crippen LogP contribution in [0.5, 0.6) is 0 Å². The first-order valence-electron chi connectivity index (χ1n) is 18.5. The maximum Gasteiger partial charge on any atom is 0.416 e. The van der Waals surface area contributed by atoms with E-state index in [9.17, 15) is 45.2 Å². The molecule has 0 unspecified atom stereocenters. The molecule has 5 aliphatic rings. The van der Waals surface area contributed by atoms with Crippen molar-refractivity contribution in [3.8, 4) is 0 Å². The van der Waals surface area contributed by atoms with Crippen molar-refractivity contribution in [2.45, 2.75) is 112 Å². The standard InChI is InChI=1S/C38H43F4N5O7S/c1-36(16-17-36)55(52,53)45-34(50)37-19-25(37)9-5-3-2-4-6-11-30(43-26-14-12-24(13-15-26)38(40,41)42)33(49)47-21-27(18-31(47)32(48)44-37)54-35(51)46-20-23-8-7-10-29(39)28(23)22-46/h5,7-10,12-15,25,27,30-31,43H,2-4,6,11,16-22H2,1H3,(H,44,48)(H,45,50)/b9-5-/t25-,27-,30+,31+,37-/m1/s1. The second-order valence-corrected chi connectivity index (χ2v) is 17.7. The Balaban J connectivity index is 1.15. The zero-order valence-corrected chi connectivity index (χ0v) is 31.0. The summed E-state index contributed by atoms with van der Waals surface area (Å²) in [6.45, 7) is 1.38. The number of alkyl halides is 3. The van der Waals surface area contributed by atoms with Crippen molar-refractivity contribution in [3.05, 3.63) is 77.1 Å². The average molecular weight is 790 g/mol. The van der Waals surface area contributed by atoms with Crippen molar-refractivity contribution in [1.29, 1.82) is 0 Å². The Labute approximate surface area is 316 Å². The molecule has 12 nitrogen and oxygen atoms in total. The molecule has 0 bridgehead atoms. The number of amides is 4. The van der Waals surface area contributed by atoms with Crippen LogP contribution in [-0.2, 0) is 48.4 Å². The first-order valence-corrected chi connectivity index (χ1v) is 20.0. The number of anilines is 1. The van der Waals surface area contributed by atoms with Gasteiger partial charge in [0.1, 0.15) is 29.5 Å². The molecule has 3 aliphatic heterocycles. The molecule has 0 spiro atoms. The number of benzene rings is 2. The number of allylic oxidation sites excluding steroid dienone is 1. The van der Waals surface area contributed by atoms with Crippen molar-refractivity contribution in [2.75, 3.05) is 11.9 Å². The Hall–Kier alpha value is -4.67. The van der Waals surface area contributed by atoms with Crippen LogP contribution in [0.3, 0.4) is 0 Å². The van der Waals surface area contributed by atoms with Crippen LogP contribution in [0.1, 0.15) is 81.4 Å². The summed E-state index contributed by atoms with van der Waals surface area (Å²) in [5.41, 5.74) is -1.24. The summed E-state index contributed by atoms with van der Waals surface area (Å²) in [4.78, 5) is 58.5.